The molecule has 2 amide bonds. The molecule has 10 heteroatoms. The molecule has 0 saturated heterocycles. The van der Waals surface area contributed by atoms with Gasteiger partial charge in [0.15, 0.2) is 5.65 Å². The van der Waals surface area contributed by atoms with E-state index in [4.69, 9.17) is 17.3 Å². The number of allylic oxidation sites excluding steroid dienone is 1. The maximum atomic E-state index is 12.4. The number of benzene rings is 1. The zero-order valence-corrected chi connectivity index (χ0v) is 20.3. The van der Waals surface area contributed by atoms with Gasteiger partial charge < -0.3 is 26.3 Å². The third-order valence-electron chi connectivity index (χ3n) is 6.84. The fourth-order valence-corrected chi connectivity index (χ4v) is 5.26. The Morgan fingerprint density at radius 2 is 1.94 bits per heavy atom. The van der Waals surface area contributed by atoms with Crippen LogP contribution < -0.4 is 16.4 Å². The number of carbonyl (C=O) groups is 2. The number of amides is 2. The minimum Gasteiger partial charge on any atom is -0.378 e. The third kappa shape index (κ3) is 4.49. The molecule has 1 saturated carbocycles. The number of aromatic nitrogens is 3. The number of hydrogen-bond acceptors (Lipinski definition) is 6. The van der Waals surface area contributed by atoms with E-state index in [0.717, 1.165) is 18.5 Å². The number of imidazole rings is 1. The summed E-state index contributed by atoms with van der Waals surface area (Å²) in [4.78, 5) is 38.8. The van der Waals surface area contributed by atoms with Gasteiger partial charge in [0.2, 0.25) is 5.91 Å². The molecule has 182 valence electrons. The highest BCUT2D eigenvalue weighted by Gasteiger charge is 2.47. The fourth-order valence-electron chi connectivity index (χ4n) is 5.06. The molecule has 0 spiro atoms. The van der Waals surface area contributed by atoms with E-state index in [0.29, 0.717) is 39.8 Å². The molecule has 4 atom stereocenters. The van der Waals surface area contributed by atoms with Crippen molar-refractivity contribution in [2.75, 3.05) is 32.5 Å². The highest BCUT2D eigenvalue weighted by molar-refractivity contribution is 6.34. The SMILES string of the molecule is CN(C)CCNC(=O)c1ccc(-c2nc3ncc(Cl)c(NC4C5C=CC(C5)C4C(N)=O)c3[nH]2)cc1. The van der Waals surface area contributed by atoms with Crippen LogP contribution in [0.4, 0.5) is 5.69 Å². The first kappa shape index (κ1) is 23.3. The highest BCUT2D eigenvalue weighted by Crippen LogP contribution is 2.46. The van der Waals surface area contributed by atoms with Gasteiger partial charge in [-0.1, -0.05) is 35.9 Å². The predicted molar refractivity (Wildman–Crippen MR) is 136 cm³/mol. The molecular formula is C25H28ClN7O2. The fraction of sp³-hybridized carbons (Fsp3) is 0.360. The van der Waals surface area contributed by atoms with Crippen LogP contribution in [0.3, 0.4) is 0 Å². The van der Waals surface area contributed by atoms with Gasteiger partial charge in [0.25, 0.3) is 5.91 Å². The summed E-state index contributed by atoms with van der Waals surface area (Å²) in [7, 11) is 3.92. The van der Waals surface area contributed by atoms with Crippen LogP contribution >= 0.6 is 11.6 Å². The Morgan fingerprint density at radius 1 is 1.20 bits per heavy atom. The van der Waals surface area contributed by atoms with Crippen molar-refractivity contribution in [1.29, 1.82) is 0 Å². The zero-order valence-electron chi connectivity index (χ0n) is 19.6. The lowest BCUT2D eigenvalue weighted by molar-refractivity contribution is -0.122. The normalized spacial score (nSPS) is 22.7. The van der Waals surface area contributed by atoms with Gasteiger partial charge in [-0.15, -0.1) is 0 Å². The summed E-state index contributed by atoms with van der Waals surface area (Å²) in [6.45, 7) is 1.35. The van der Waals surface area contributed by atoms with Gasteiger partial charge in [0.1, 0.15) is 11.3 Å². The van der Waals surface area contributed by atoms with Gasteiger partial charge in [-0.25, -0.2) is 9.97 Å². The van der Waals surface area contributed by atoms with Crippen molar-refractivity contribution in [1.82, 2.24) is 25.2 Å². The number of anilines is 1. The molecule has 1 aromatic carbocycles. The molecule has 4 unspecified atom stereocenters. The molecule has 5 rings (SSSR count). The number of halogens is 1. The largest absolute Gasteiger partial charge is 0.378 e. The summed E-state index contributed by atoms with van der Waals surface area (Å²) in [6.07, 6.45) is 6.69. The Balaban J connectivity index is 1.39. The Labute approximate surface area is 208 Å². The minimum absolute atomic E-state index is 0.119. The first-order valence-corrected chi connectivity index (χ1v) is 12.0. The van der Waals surface area contributed by atoms with Crippen LogP contribution in [0, 0.1) is 17.8 Å². The number of fused-ring (bicyclic) bond motifs is 3. The standard InChI is InChI=1S/C25H28ClN7O2/c1-33(2)10-9-28-25(35)14-5-3-13(4-6-14)23-31-21-20(17(26)12-29-24(21)32-23)30-19-16-8-7-15(11-16)18(19)22(27)34/h3-8,12,15-16,18-19H,9-11H2,1-2H3,(H2,27,34)(H,28,35)(H2,29,30,31,32). The lowest BCUT2D eigenvalue weighted by atomic mass is 9.88. The number of aromatic amines is 1. The first-order valence-electron chi connectivity index (χ1n) is 11.6. The number of primary amides is 1. The van der Waals surface area contributed by atoms with Crippen LogP contribution in [-0.2, 0) is 4.79 Å². The topological polar surface area (TPSA) is 129 Å². The molecule has 5 N–H and O–H groups in total. The Hall–Kier alpha value is -3.43. The number of nitrogens with zero attached hydrogens (tertiary/aromatic N) is 3. The number of nitrogens with two attached hydrogens (primary N) is 1. The number of nitrogens with one attached hydrogen (secondary N) is 3. The lowest BCUT2D eigenvalue weighted by Gasteiger charge is -2.28. The quantitative estimate of drug-likeness (QED) is 0.357. The van der Waals surface area contributed by atoms with Gasteiger partial charge in [0.05, 0.1) is 22.8 Å². The number of rotatable bonds is 8. The summed E-state index contributed by atoms with van der Waals surface area (Å²) >= 11 is 6.53. The summed E-state index contributed by atoms with van der Waals surface area (Å²) < 4.78 is 0. The van der Waals surface area contributed by atoms with Gasteiger partial charge in [-0.2, -0.15) is 0 Å². The van der Waals surface area contributed by atoms with Gasteiger partial charge in [0, 0.05) is 30.3 Å². The highest BCUT2D eigenvalue weighted by atomic mass is 35.5. The lowest BCUT2D eigenvalue weighted by Crippen LogP contribution is -2.41. The number of pyridine rings is 1. The second-order valence-corrected chi connectivity index (χ2v) is 9.86. The van der Waals surface area contributed by atoms with Crippen LogP contribution in [0.25, 0.3) is 22.6 Å². The van der Waals surface area contributed by atoms with Gasteiger partial charge in [-0.05, 0) is 44.5 Å². The molecule has 2 heterocycles. The second kappa shape index (κ2) is 9.31. The maximum absolute atomic E-state index is 12.4. The van der Waals surface area contributed by atoms with Crippen LogP contribution in [-0.4, -0.2) is 64.9 Å². The number of carbonyl (C=O) groups excluding carboxylic acids is 2. The summed E-state index contributed by atoms with van der Waals surface area (Å²) in [5, 5.41) is 6.82. The average Bonchev–Trinajstić information content (AvgIpc) is 3.55. The zero-order chi connectivity index (χ0) is 24.7. The summed E-state index contributed by atoms with van der Waals surface area (Å²) in [5.41, 5.74) is 8.94. The molecule has 9 nitrogen and oxygen atoms in total. The van der Waals surface area contributed by atoms with Crippen LogP contribution in [0.15, 0.2) is 42.6 Å². The molecule has 35 heavy (non-hydrogen) atoms. The Morgan fingerprint density at radius 3 is 2.66 bits per heavy atom. The first-order chi connectivity index (χ1) is 16.8. The third-order valence-corrected chi connectivity index (χ3v) is 7.12. The summed E-state index contributed by atoms with van der Waals surface area (Å²) in [5.74, 6) is 0.265. The molecule has 0 radical (unpaired) electrons. The molecule has 1 fully saturated rings. The smallest absolute Gasteiger partial charge is 0.251 e. The van der Waals surface area contributed by atoms with E-state index < -0.39 is 0 Å². The van der Waals surface area contributed by atoms with Crippen molar-refractivity contribution < 1.29 is 9.59 Å². The summed E-state index contributed by atoms with van der Waals surface area (Å²) in [6, 6.07) is 7.09. The van der Waals surface area contributed by atoms with E-state index in [1.807, 2.05) is 31.1 Å². The van der Waals surface area contributed by atoms with Crippen molar-refractivity contribution in [2.24, 2.45) is 23.5 Å². The Kier molecular flexibility index (Phi) is 6.21. The van der Waals surface area contributed by atoms with Gasteiger partial charge in [-0.3, -0.25) is 9.59 Å². The number of likely N-dealkylation sites (N-methyl/N-ethyl adjacent to an activating group) is 1. The van der Waals surface area contributed by atoms with E-state index in [1.54, 1.807) is 18.3 Å². The number of H-pyrrole nitrogens is 1. The van der Waals surface area contributed by atoms with Gasteiger partial charge >= 0.3 is 0 Å². The van der Waals surface area contributed by atoms with E-state index in [2.05, 4.69) is 37.7 Å². The minimum atomic E-state index is -0.308. The molecule has 0 aliphatic heterocycles. The molecule has 2 aliphatic rings. The van der Waals surface area contributed by atoms with E-state index in [1.165, 1.54) is 0 Å². The molecular weight excluding hydrogens is 466 g/mol. The molecule has 2 aromatic heterocycles. The number of hydrogen-bond donors (Lipinski definition) is 4. The van der Waals surface area contributed by atoms with E-state index in [-0.39, 0.29) is 35.6 Å². The predicted octanol–water partition coefficient (Wildman–Crippen LogP) is 2.66. The molecule has 2 bridgehead atoms. The van der Waals surface area contributed by atoms with Crippen molar-refractivity contribution in [3.8, 4) is 11.4 Å². The van der Waals surface area contributed by atoms with Crippen molar-refractivity contribution in [3.63, 3.8) is 0 Å². The van der Waals surface area contributed by atoms with Crippen LogP contribution in [0.1, 0.15) is 16.8 Å². The second-order valence-electron chi connectivity index (χ2n) is 9.45. The monoisotopic (exact) mass is 493 g/mol. The Bertz CT molecular complexity index is 1300. The average molecular weight is 494 g/mol. The van der Waals surface area contributed by atoms with Crippen LogP contribution in [0.2, 0.25) is 5.02 Å². The molecule has 3 aromatic rings. The van der Waals surface area contributed by atoms with E-state index in [9.17, 15) is 9.59 Å². The van der Waals surface area contributed by atoms with Crippen molar-refractivity contribution in [2.45, 2.75) is 12.5 Å². The maximum Gasteiger partial charge on any atom is 0.251 e. The van der Waals surface area contributed by atoms with Crippen molar-refractivity contribution >= 4 is 40.3 Å². The van der Waals surface area contributed by atoms with Crippen molar-refractivity contribution in [3.05, 3.63) is 53.2 Å². The molecule has 2 aliphatic carbocycles. The van der Waals surface area contributed by atoms with Crippen LogP contribution in [0.5, 0.6) is 0 Å². The van der Waals surface area contributed by atoms with E-state index >= 15 is 0 Å².